The van der Waals surface area contributed by atoms with Crippen LogP contribution in [0.3, 0.4) is 0 Å². The maximum absolute atomic E-state index is 12.8. The number of nitrogens with one attached hydrogen (secondary N) is 1. The number of amides is 2. The molecule has 152 valence electrons. The minimum atomic E-state index is -0.179. The van der Waals surface area contributed by atoms with E-state index >= 15 is 0 Å². The lowest BCUT2D eigenvalue weighted by molar-refractivity contribution is -0.126. The van der Waals surface area contributed by atoms with Crippen LogP contribution in [0.5, 0.6) is 0 Å². The van der Waals surface area contributed by atoms with E-state index in [0.29, 0.717) is 35.2 Å². The maximum Gasteiger partial charge on any atom is 0.253 e. The van der Waals surface area contributed by atoms with E-state index in [9.17, 15) is 9.59 Å². The highest BCUT2D eigenvalue weighted by Crippen LogP contribution is 2.47. The van der Waals surface area contributed by atoms with Crippen molar-refractivity contribution in [3.63, 3.8) is 0 Å². The molecule has 2 fully saturated rings. The third-order valence-corrected chi connectivity index (χ3v) is 6.83. The number of carbonyl (C=O) groups is 2. The Hall–Kier alpha value is -2.04. The molecule has 1 N–H and O–H groups in total. The molecule has 0 aromatic heterocycles. The van der Waals surface area contributed by atoms with Crippen LogP contribution in [-0.2, 0) is 10.2 Å². The second kappa shape index (κ2) is 8.37. The van der Waals surface area contributed by atoms with Crippen molar-refractivity contribution in [2.45, 2.75) is 31.1 Å². The molecule has 2 amide bonds. The van der Waals surface area contributed by atoms with Crippen molar-refractivity contribution in [2.24, 2.45) is 5.92 Å². The highest BCUT2D eigenvalue weighted by molar-refractivity contribution is 6.42. The first kappa shape index (κ1) is 20.2. The first-order valence-electron chi connectivity index (χ1n) is 10.1. The Labute approximate surface area is 181 Å². The minimum absolute atomic E-state index is 0.0406. The zero-order chi connectivity index (χ0) is 20.4. The van der Waals surface area contributed by atoms with E-state index < -0.39 is 0 Å². The number of likely N-dealkylation sites (tertiary alicyclic amines) is 1. The van der Waals surface area contributed by atoms with Crippen LogP contribution in [0.4, 0.5) is 0 Å². The third-order valence-electron chi connectivity index (χ3n) is 6.09. The van der Waals surface area contributed by atoms with Gasteiger partial charge in [0.1, 0.15) is 0 Å². The van der Waals surface area contributed by atoms with Crippen molar-refractivity contribution >= 4 is 35.0 Å². The molecule has 0 bridgehead atoms. The van der Waals surface area contributed by atoms with Gasteiger partial charge in [0.15, 0.2) is 0 Å². The topological polar surface area (TPSA) is 49.4 Å². The van der Waals surface area contributed by atoms with Crippen LogP contribution in [0.25, 0.3) is 0 Å². The minimum Gasteiger partial charge on any atom is -0.355 e. The lowest BCUT2D eigenvalue weighted by atomic mass is 9.94. The number of rotatable bonds is 5. The van der Waals surface area contributed by atoms with Crippen molar-refractivity contribution in [3.05, 3.63) is 69.7 Å². The van der Waals surface area contributed by atoms with Gasteiger partial charge in [-0.3, -0.25) is 9.59 Å². The van der Waals surface area contributed by atoms with Gasteiger partial charge in [-0.2, -0.15) is 0 Å². The van der Waals surface area contributed by atoms with Crippen LogP contribution in [0, 0.1) is 5.92 Å². The van der Waals surface area contributed by atoms with Gasteiger partial charge < -0.3 is 10.2 Å². The van der Waals surface area contributed by atoms with E-state index in [2.05, 4.69) is 17.4 Å². The molecule has 1 heterocycles. The molecule has 2 aromatic rings. The fourth-order valence-corrected chi connectivity index (χ4v) is 4.40. The molecule has 1 aliphatic carbocycles. The SMILES string of the molecule is O=C(NCC1(c2ccccc2)CC1)C1CCCN(C(=O)c2ccc(Cl)c(Cl)c2)C1. The van der Waals surface area contributed by atoms with E-state index in [0.717, 1.165) is 25.7 Å². The van der Waals surface area contributed by atoms with E-state index in [-0.39, 0.29) is 23.1 Å². The molecule has 4 nitrogen and oxygen atoms in total. The summed E-state index contributed by atoms with van der Waals surface area (Å²) in [6.07, 6.45) is 3.82. The fourth-order valence-electron chi connectivity index (χ4n) is 4.10. The molecule has 2 aromatic carbocycles. The molecular formula is C23H24Cl2N2O2. The Morgan fingerprint density at radius 1 is 1.07 bits per heavy atom. The van der Waals surface area contributed by atoms with Gasteiger partial charge in [-0.05, 0) is 49.4 Å². The molecule has 1 unspecified atom stereocenters. The second-order valence-corrected chi connectivity index (χ2v) is 8.90. The summed E-state index contributed by atoms with van der Waals surface area (Å²) in [5.74, 6) is -0.245. The number of carbonyl (C=O) groups excluding carboxylic acids is 2. The van der Waals surface area contributed by atoms with Crippen LogP contribution in [0.2, 0.25) is 10.0 Å². The summed E-state index contributed by atoms with van der Waals surface area (Å²) in [5.41, 5.74) is 1.88. The number of hydrogen-bond acceptors (Lipinski definition) is 2. The van der Waals surface area contributed by atoms with E-state index in [1.165, 1.54) is 5.56 Å². The quantitative estimate of drug-likeness (QED) is 0.747. The molecule has 0 radical (unpaired) electrons. The first-order chi connectivity index (χ1) is 14.0. The lowest BCUT2D eigenvalue weighted by Crippen LogP contribution is -2.46. The van der Waals surface area contributed by atoms with Gasteiger partial charge in [0.25, 0.3) is 5.91 Å². The van der Waals surface area contributed by atoms with Gasteiger partial charge in [0.05, 0.1) is 16.0 Å². The normalized spacial score (nSPS) is 20.2. The molecule has 2 aliphatic rings. The Balaban J connectivity index is 1.36. The predicted octanol–water partition coefficient (Wildman–Crippen LogP) is 4.69. The molecule has 0 spiro atoms. The van der Waals surface area contributed by atoms with Crippen molar-refractivity contribution in [3.8, 4) is 0 Å². The standard InChI is InChI=1S/C23H24Cl2N2O2/c24-19-9-8-16(13-20(19)25)22(29)27-12-4-5-17(14-27)21(28)26-15-23(10-11-23)18-6-2-1-3-7-18/h1-3,6-9,13,17H,4-5,10-12,14-15H2,(H,26,28). The van der Waals surface area contributed by atoms with Crippen molar-refractivity contribution in [1.82, 2.24) is 10.2 Å². The van der Waals surface area contributed by atoms with Crippen LogP contribution in [0.1, 0.15) is 41.6 Å². The number of halogens is 2. The summed E-state index contributed by atoms with van der Waals surface area (Å²) in [7, 11) is 0. The van der Waals surface area contributed by atoms with Crippen LogP contribution >= 0.6 is 23.2 Å². The van der Waals surface area contributed by atoms with Crippen molar-refractivity contribution in [2.75, 3.05) is 19.6 Å². The molecule has 6 heteroatoms. The molecule has 1 atom stereocenters. The summed E-state index contributed by atoms with van der Waals surface area (Å²) in [6.45, 7) is 1.74. The van der Waals surface area contributed by atoms with Crippen LogP contribution in [-0.4, -0.2) is 36.3 Å². The summed E-state index contributed by atoms with van der Waals surface area (Å²) < 4.78 is 0. The largest absolute Gasteiger partial charge is 0.355 e. The van der Waals surface area contributed by atoms with Gasteiger partial charge in [-0.15, -0.1) is 0 Å². The summed E-state index contributed by atoms with van der Waals surface area (Å²) in [6, 6.07) is 15.3. The molecule has 4 rings (SSSR count). The third kappa shape index (κ3) is 4.44. The molecule has 29 heavy (non-hydrogen) atoms. The number of hydrogen-bond donors (Lipinski definition) is 1. The molecule has 1 aliphatic heterocycles. The zero-order valence-electron chi connectivity index (χ0n) is 16.2. The highest BCUT2D eigenvalue weighted by atomic mass is 35.5. The summed E-state index contributed by atoms with van der Waals surface area (Å²) in [5, 5.41) is 3.94. The maximum atomic E-state index is 12.8. The highest BCUT2D eigenvalue weighted by Gasteiger charge is 2.44. The van der Waals surface area contributed by atoms with E-state index in [4.69, 9.17) is 23.2 Å². The summed E-state index contributed by atoms with van der Waals surface area (Å²) >= 11 is 12.0. The van der Waals surface area contributed by atoms with Gasteiger partial charge >= 0.3 is 0 Å². The van der Waals surface area contributed by atoms with Gasteiger partial charge in [-0.25, -0.2) is 0 Å². The molecule has 1 saturated carbocycles. The van der Waals surface area contributed by atoms with Crippen LogP contribution in [0.15, 0.2) is 48.5 Å². The lowest BCUT2D eigenvalue weighted by Gasteiger charge is -2.32. The fraction of sp³-hybridized carbons (Fsp3) is 0.391. The number of benzene rings is 2. The van der Waals surface area contributed by atoms with E-state index in [1.807, 2.05) is 18.2 Å². The first-order valence-corrected chi connectivity index (χ1v) is 10.8. The molecule has 1 saturated heterocycles. The Kier molecular flexibility index (Phi) is 5.84. The van der Waals surface area contributed by atoms with Gasteiger partial charge in [0.2, 0.25) is 5.91 Å². The second-order valence-electron chi connectivity index (χ2n) is 8.08. The zero-order valence-corrected chi connectivity index (χ0v) is 17.7. The Morgan fingerprint density at radius 2 is 1.83 bits per heavy atom. The van der Waals surface area contributed by atoms with Gasteiger partial charge in [0, 0.05) is 30.6 Å². The van der Waals surface area contributed by atoms with Crippen molar-refractivity contribution < 1.29 is 9.59 Å². The predicted molar refractivity (Wildman–Crippen MR) is 115 cm³/mol. The Morgan fingerprint density at radius 3 is 2.52 bits per heavy atom. The molecular weight excluding hydrogens is 407 g/mol. The van der Waals surface area contributed by atoms with Crippen LogP contribution < -0.4 is 5.32 Å². The average molecular weight is 431 g/mol. The number of piperidine rings is 1. The van der Waals surface area contributed by atoms with Gasteiger partial charge in [-0.1, -0.05) is 53.5 Å². The monoisotopic (exact) mass is 430 g/mol. The summed E-state index contributed by atoms with van der Waals surface area (Å²) in [4.78, 5) is 27.4. The van der Waals surface area contributed by atoms with Crippen molar-refractivity contribution in [1.29, 1.82) is 0 Å². The average Bonchev–Trinajstić information content (AvgIpc) is 3.55. The smallest absolute Gasteiger partial charge is 0.253 e. The number of nitrogens with zero attached hydrogens (tertiary/aromatic N) is 1. The van der Waals surface area contributed by atoms with E-state index in [1.54, 1.807) is 23.1 Å². The Bertz CT molecular complexity index is 912.